The average molecular weight is 673 g/mol. The van der Waals surface area contributed by atoms with Gasteiger partial charge in [0.2, 0.25) is 0 Å². The van der Waals surface area contributed by atoms with Crippen LogP contribution in [0.25, 0.3) is 11.1 Å². The number of hydrogen-bond donors (Lipinski definition) is 1. The molecule has 0 aliphatic carbocycles. The van der Waals surface area contributed by atoms with Crippen molar-refractivity contribution in [1.29, 1.82) is 0 Å². The van der Waals surface area contributed by atoms with Crippen LogP contribution in [0.4, 0.5) is 5.69 Å². The van der Waals surface area contributed by atoms with E-state index >= 15 is 0 Å². The van der Waals surface area contributed by atoms with Gasteiger partial charge in [-0.3, -0.25) is 0 Å². The quantitative estimate of drug-likeness (QED) is 0.0367. The molecule has 0 aliphatic rings. The van der Waals surface area contributed by atoms with E-state index in [0.717, 1.165) is 16.8 Å². The summed E-state index contributed by atoms with van der Waals surface area (Å²) < 4.78 is 0. The van der Waals surface area contributed by atoms with Gasteiger partial charge >= 0.3 is 0 Å². The Morgan fingerprint density at radius 3 is 1.37 bits per heavy atom. The van der Waals surface area contributed by atoms with Gasteiger partial charge < -0.3 is 5.73 Å². The molecule has 0 bridgehead atoms. The van der Waals surface area contributed by atoms with E-state index in [4.69, 9.17) is 5.73 Å². The summed E-state index contributed by atoms with van der Waals surface area (Å²) in [5.74, 6) is 0. The Bertz CT molecular complexity index is 742. The van der Waals surface area contributed by atoms with Crippen molar-refractivity contribution in [2.24, 2.45) is 0 Å². The molecule has 0 aromatic heterocycles. The Labute approximate surface area is 272 Å². The number of para-hydroxylation sites is 1. The Morgan fingerprint density at radius 2 is 0.927 bits per heavy atom. The molecular weight excluding hydrogens is 608 g/mol. The second-order valence-corrected chi connectivity index (χ2v) is 13.2. The van der Waals surface area contributed by atoms with Crippen LogP contribution in [-0.2, 0) is 20.4 Å². The zero-order chi connectivity index (χ0) is 28.8. The van der Waals surface area contributed by atoms with E-state index in [9.17, 15) is 0 Å². The van der Waals surface area contributed by atoms with Crippen LogP contribution in [0.2, 0.25) is 0 Å². The van der Waals surface area contributed by atoms with Gasteiger partial charge in [-0.25, -0.2) is 0 Å². The van der Waals surface area contributed by atoms with Crippen molar-refractivity contribution < 1.29 is 20.4 Å². The zero-order valence-corrected chi connectivity index (χ0v) is 29.5. The fourth-order valence-electron chi connectivity index (χ4n) is 5.24. The molecule has 0 saturated carbocycles. The number of anilines is 1. The second kappa shape index (κ2) is 32.3. The van der Waals surface area contributed by atoms with Crippen molar-refractivity contribution in [3.63, 3.8) is 0 Å². The summed E-state index contributed by atoms with van der Waals surface area (Å²) in [5, 5.41) is 0. The van der Waals surface area contributed by atoms with Crippen molar-refractivity contribution >= 4 is 14.3 Å². The zero-order valence-electron chi connectivity index (χ0n) is 27.0. The van der Waals surface area contributed by atoms with Gasteiger partial charge in [-0.1, -0.05) is 166 Å². The van der Waals surface area contributed by atoms with E-state index in [0.29, 0.717) is 0 Å². The maximum Gasteiger partial charge on any atom is 0 e. The van der Waals surface area contributed by atoms with Crippen molar-refractivity contribution in [3.8, 4) is 11.1 Å². The molecular formula is C38H65NPPd-. The number of nitrogen functional groups attached to an aromatic ring is 1. The summed E-state index contributed by atoms with van der Waals surface area (Å²) in [7, 11) is 1.25. The molecule has 0 fully saturated rings. The first-order valence-electron chi connectivity index (χ1n) is 17.3. The second-order valence-electron chi connectivity index (χ2n) is 11.7. The van der Waals surface area contributed by atoms with Crippen LogP contribution in [0.15, 0.2) is 48.5 Å². The predicted molar refractivity (Wildman–Crippen MR) is 186 cm³/mol. The fraction of sp³-hybridized carbons (Fsp3) is 0.684. The monoisotopic (exact) mass is 672 g/mol. The van der Waals surface area contributed by atoms with Gasteiger partial charge in [0, 0.05) is 20.4 Å². The van der Waals surface area contributed by atoms with Gasteiger partial charge in [0.1, 0.15) is 0 Å². The minimum Gasteiger partial charge on any atom is -0.406 e. The Hall–Kier alpha value is -0.668. The molecule has 238 valence electrons. The summed E-state index contributed by atoms with van der Waals surface area (Å²) in [5.41, 5.74) is 8.72. The van der Waals surface area contributed by atoms with Crippen molar-refractivity contribution in [2.75, 3.05) is 18.1 Å². The first kappa shape index (κ1) is 40.3. The third-order valence-corrected chi connectivity index (χ3v) is 9.29. The molecule has 1 atom stereocenters. The molecule has 3 heteroatoms. The summed E-state index contributed by atoms with van der Waals surface area (Å²) in [6.45, 7) is 4.61. The van der Waals surface area contributed by atoms with Crippen LogP contribution < -0.4 is 5.73 Å². The summed E-state index contributed by atoms with van der Waals surface area (Å²) >= 11 is 0. The number of nitrogens with two attached hydrogens (primary N) is 1. The van der Waals surface area contributed by atoms with Crippen LogP contribution >= 0.6 is 8.58 Å². The van der Waals surface area contributed by atoms with Crippen molar-refractivity contribution in [2.45, 2.75) is 155 Å². The van der Waals surface area contributed by atoms with Crippen molar-refractivity contribution in [3.05, 3.63) is 54.6 Å². The maximum atomic E-state index is 5.83. The third-order valence-electron chi connectivity index (χ3n) is 7.87. The standard InChI is InChI=1S/C26H55P.C12H10N.Pd/c1-3-5-7-8-9-10-11-12-13-14-15-16-17-18-19-20-21-22-23-24-26-27-25-6-4-2;13-12-9-5-4-8-11(12)10-6-2-1-3-7-10;/h27H,3-26H2,1-2H3;1-6,8-9H,13H2;/q;-1;. The molecule has 1 unspecified atom stereocenters. The van der Waals surface area contributed by atoms with Gasteiger partial charge in [-0.15, -0.1) is 44.5 Å². The van der Waals surface area contributed by atoms with Gasteiger partial charge in [0.25, 0.3) is 0 Å². The number of rotatable bonds is 25. The first-order chi connectivity index (χ1) is 19.8. The van der Waals surface area contributed by atoms with E-state index < -0.39 is 0 Å². The van der Waals surface area contributed by atoms with Gasteiger partial charge in [-0.05, 0) is 36.9 Å². The average Bonchev–Trinajstić information content (AvgIpc) is 2.98. The van der Waals surface area contributed by atoms with E-state index in [1.165, 1.54) is 162 Å². The van der Waals surface area contributed by atoms with E-state index in [2.05, 4.69) is 19.9 Å². The van der Waals surface area contributed by atoms with Crippen LogP contribution in [0, 0.1) is 6.07 Å². The molecule has 0 spiro atoms. The SMILES string of the molecule is CCCCCCCCCCCCCCCCCCCCCCPCCCC.Nc1ccccc1-c1[c-]cccc1.[Pd]. The largest absolute Gasteiger partial charge is 0.406 e. The molecule has 2 aromatic rings. The van der Waals surface area contributed by atoms with E-state index in [-0.39, 0.29) is 20.4 Å². The van der Waals surface area contributed by atoms with Crippen molar-refractivity contribution in [1.82, 2.24) is 0 Å². The van der Waals surface area contributed by atoms with Gasteiger partial charge in [0.15, 0.2) is 0 Å². The Kier molecular flexibility index (Phi) is 31.7. The molecule has 0 saturated heterocycles. The normalized spacial score (nSPS) is 10.9. The molecule has 0 radical (unpaired) electrons. The predicted octanol–water partition coefficient (Wildman–Crippen LogP) is 13.0. The number of benzene rings is 2. The molecule has 2 N–H and O–H groups in total. The molecule has 0 amide bonds. The topological polar surface area (TPSA) is 26.0 Å². The van der Waals surface area contributed by atoms with Gasteiger partial charge in [-0.2, -0.15) is 0 Å². The fourth-order valence-corrected chi connectivity index (χ4v) is 6.59. The summed E-state index contributed by atoms with van der Waals surface area (Å²) in [4.78, 5) is 0. The molecule has 1 nitrogen and oxygen atoms in total. The number of unbranched alkanes of at least 4 members (excludes halogenated alkanes) is 20. The molecule has 0 heterocycles. The maximum absolute atomic E-state index is 5.83. The first-order valence-corrected chi connectivity index (χ1v) is 18.7. The smallest absolute Gasteiger partial charge is 0 e. The molecule has 2 aromatic carbocycles. The van der Waals surface area contributed by atoms with Crippen LogP contribution in [0.5, 0.6) is 0 Å². The summed E-state index contributed by atoms with van der Waals surface area (Å²) in [6.07, 6.45) is 35.5. The van der Waals surface area contributed by atoms with E-state index in [1.54, 1.807) is 0 Å². The van der Waals surface area contributed by atoms with Crippen LogP contribution in [-0.4, -0.2) is 12.3 Å². The van der Waals surface area contributed by atoms with Gasteiger partial charge in [0.05, 0.1) is 0 Å². The minimum absolute atomic E-state index is 0. The minimum atomic E-state index is 0. The summed E-state index contributed by atoms with van der Waals surface area (Å²) in [6, 6.07) is 18.8. The number of hydrogen-bond acceptors (Lipinski definition) is 1. The van der Waals surface area contributed by atoms with Crippen LogP contribution in [0.3, 0.4) is 0 Å². The van der Waals surface area contributed by atoms with Crippen LogP contribution in [0.1, 0.15) is 155 Å². The Balaban J connectivity index is 0.000000943. The molecule has 2 rings (SSSR count). The molecule has 41 heavy (non-hydrogen) atoms. The Morgan fingerprint density at radius 1 is 0.512 bits per heavy atom. The third kappa shape index (κ3) is 25.5. The molecule has 0 aliphatic heterocycles. The van der Waals surface area contributed by atoms with E-state index in [1.807, 2.05) is 48.5 Å².